The standard InChI is InChI=1S/C22H24N4O3/c1-14-7-9-19(10-8-14)26-16(3)20(24-25-26)21(27)23-13-18(22(28)29)12-17-6-4-5-15(2)11-17/h4-11,18H,12-13H2,1-3H3,(H,23,27)(H,28,29). The normalized spacial score (nSPS) is 11.8. The van der Waals surface area contributed by atoms with Gasteiger partial charge in [0.15, 0.2) is 5.69 Å². The molecule has 0 saturated carbocycles. The Kier molecular flexibility index (Phi) is 6.07. The third kappa shape index (κ3) is 4.87. The molecule has 150 valence electrons. The van der Waals surface area contributed by atoms with E-state index in [4.69, 9.17) is 0 Å². The molecule has 1 heterocycles. The second kappa shape index (κ2) is 8.68. The van der Waals surface area contributed by atoms with E-state index in [0.29, 0.717) is 12.1 Å². The Labute approximate surface area is 169 Å². The molecule has 3 aromatic rings. The lowest BCUT2D eigenvalue weighted by atomic mass is 9.98. The number of hydrogen-bond donors (Lipinski definition) is 2. The number of carbonyl (C=O) groups is 2. The zero-order valence-electron chi connectivity index (χ0n) is 16.7. The van der Waals surface area contributed by atoms with Crippen molar-refractivity contribution in [2.24, 2.45) is 5.92 Å². The molecule has 29 heavy (non-hydrogen) atoms. The number of aryl methyl sites for hydroxylation is 2. The number of hydrogen-bond acceptors (Lipinski definition) is 4. The lowest BCUT2D eigenvalue weighted by Gasteiger charge is -2.13. The second-order valence-electron chi connectivity index (χ2n) is 7.21. The molecule has 0 aliphatic rings. The topological polar surface area (TPSA) is 97.1 Å². The quantitative estimate of drug-likeness (QED) is 0.644. The molecule has 2 N–H and O–H groups in total. The number of aliphatic carboxylic acids is 1. The van der Waals surface area contributed by atoms with Gasteiger partial charge in [0.25, 0.3) is 5.91 Å². The van der Waals surface area contributed by atoms with Crippen molar-refractivity contribution in [3.63, 3.8) is 0 Å². The molecule has 7 heteroatoms. The van der Waals surface area contributed by atoms with Crippen molar-refractivity contribution in [1.82, 2.24) is 20.3 Å². The highest BCUT2D eigenvalue weighted by Crippen LogP contribution is 2.14. The molecule has 1 atom stereocenters. The summed E-state index contributed by atoms with van der Waals surface area (Å²) in [5, 5.41) is 20.3. The van der Waals surface area contributed by atoms with Gasteiger partial charge in [0, 0.05) is 6.54 Å². The van der Waals surface area contributed by atoms with E-state index in [1.165, 1.54) is 0 Å². The molecule has 0 aliphatic heterocycles. The number of carbonyl (C=O) groups excluding carboxylic acids is 1. The molecule has 7 nitrogen and oxygen atoms in total. The number of aromatic nitrogens is 3. The first-order valence-corrected chi connectivity index (χ1v) is 9.41. The van der Waals surface area contributed by atoms with Crippen molar-refractivity contribution in [2.45, 2.75) is 27.2 Å². The van der Waals surface area contributed by atoms with E-state index in [-0.39, 0.29) is 12.2 Å². The molecular formula is C22H24N4O3. The smallest absolute Gasteiger partial charge is 0.308 e. The summed E-state index contributed by atoms with van der Waals surface area (Å²) in [5.74, 6) is -2.11. The summed E-state index contributed by atoms with van der Waals surface area (Å²) in [6, 6.07) is 15.4. The number of nitrogens with zero attached hydrogens (tertiary/aromatic N) is 3. The zero-order chi connectivity index (χ0) is 21.0. The number of nitrogens with one attached hydrogen (secondary N) is 1. The molecular weight excluding hydrogens is 368 g/mol. The van der Waals surface area contributed by atoms with Gasteiger partial charge in [-0.3, -0.25) is 9.59 Å². The third-order valence-electron chi connectivity index (χ3n) is 4.81. The van der Waals surface area contributed by atoms with Crippen molar-refractivity contribution in [3.8, 4) is 5.69 Å². The lowest BCUT2D eigenvalue weighted by molar-refractivity contribution is -0.141. The van der Waals surface area contributed by atoms with Gasteiger partial charge in [-0.15, -0.1) is 5.10 Å². The van der Waals surface area contributed by atoms with Gasteiger partial charge in [-0.05, 0) is 44.9 Å². The Morgan fingerprint density at radius 1 is 1.07 bits per heavy atom. The van der Waals surface area contributed by atoms with Crippen LogP contribution < -0.4 is 5.32 Å². The van der Waals surface area contributed by atoms with Crippen LogP contribution in [-0.4, -0.2) is 38.5 Å². The Balaban J connectivity index is 1.69. The number of carboxylic acids is 1. The van der Waals surface area contributed by atoms with E-state index in [1.807, 2.05) is 62.4 Å². The minimum absolute atomic E-state index is 0.0128. The first kappa shape index (κ1) is 20.3. The highest BCUT2D eigenvalue weighted by molar-refractivity contribution is 5.93. The van der Waals surface area contributed by atoms with Gasteiger partial charge in [0.2, 0.25) is 0 Å². The number of rotatable bonds is 7. The van der Waals surface area contributed by atoms with E-state index >= 15 is 0 Å². The Bertz CT molecular complexity index is 1020. The first-order chi connectivity index (χ1) is 13.8. The van der Waals surface area contributed by atoms with E-state index in [0.717, 1.165) is 22.4 Å². The van der Waals surface area contributed by atoms with Crippen LogP contribution in [-0.2, 0) is 11.2 Å². The van der Waals surface area contributed by atoms with Crippen LogP contribution >= 0.6 is 0 Å². The summed E-state index contributed by atoms with van der Waals surface area (Å²) in [6.07, 6.45) is 0.340. The van der Waals surface area contributed by atoms with Crippen molar-refractivity contribution in [2.75, 3.05) is 6.54 Å². The number of carboxylic acid groups (broad SMARTS) is 1. The summed E-state index contributed by atoms with van der Waals surface area (Å²) < 4.78 is 1.59. The van der Waals surface area contributed by atoms with Gasteiger partial charge >= 0.3 is 5.97 Å². The first-order valence-electron chi connectivity index (χ1n) is 9.41. The highest BCUT2D eigenvalue weighted by Gasteiger charge is 2.22. The maximum absolute atomic E-state index is 12.6. The summed E-state index contributed by atoms with van der Waals surface area (Å²) >= 11 is 0. The predicted octanol–water partition coefficient (Wildman–Crippen LogP) is 2.87. The summed E-state index contributed by atoms with van der Waals surface area (Å²) in [6.45, 7) is 5.73. The van der Waals surface area contributed by atoms with E-state index in [2.05, 4.69) is 15.6 Å². The molecule has 3 rings (SSSR count). The molecule has 0 aliphatic carbocycles. The summed E-state index contributed by atoms with van der Waals surface area (Å²) in [5.41, 5.74) is 4.70. The average molecular weight is 392 g/mol. The van der Waals surface area contributed by atoms with E-state index in [1.54, 1.807) is 11.6 Å². The average Bonchev–Trinajstić information content (AvgIpc) is 3.07. The fourth-order valence-electron chi connectivity index (χ4n) is 3.14. The van der Waals surface area contributed by atoms with Gasteiger partial charge < -0.3 is 10.4 Å². The molecule has 0 saturated heterocycles. The largest absolute Gasteiger partial charge is 0.481 e. The van der Waals surface area contributed by atoms with Crippen LogP contribution in [0.15, 0.2) is 48.5 Å². The van der Waals surface area contributed by atoms with Crippen molar-refractivity contribution >= 4 is 11.9 Å². The van der Waals surface area contributed by atoms with Crippen LogP contribution in [0.5, 0.6) is 0 Å². The van der Waals surface area contributed by atoms with Crippen molar-refractivity contribution < 1.29 is 14.7 Å². The minimum atomic E-state index is -0.952. The maximum atomic E-state index is 12.6. The van der Waals surface area contributed by atoms with E-state index in [9.17, 15) is 14.7 Å². The van der Waals surface area contributed by atoms with Gasteiger partial charge in [0.05, 0.1) is 17.3 Å². The van der Waals surface area contributed by atoms with Crippen LogP contribution in [0.4, 0.5) is 0 Å². The van der Waals surface area contributed by atoms with Gasteiger partial charge in [-0.25, -0.2) is 4.68 Å². The Hall–Kier alpha value is -3.48. The fourth-order valence-corrected chi connectivity index (χ4v) is 3.14. The molecule has 1 unspecified atom stereocenters. The Morgan fingerprint density at radius 3 is 2.45 bits per heavy atom. The van der Waals surface area contributed by atoms with Crippen LogP contribution in [0.1, 0.15) is 32.9 Å². The highest BCUT2D eigenvalue weighted by atomic mass is 16.4. The number of amides is 1. The monoisotopic (exact) mass is 392 g/mol. The minimum Gasteiger partial charge on any atom is -0.481 e. The molecule has 0 spiro atoms. The molecule has 0 radical (unpaired) electrons. The van der Waals surface area contributed by atoms with Crippen LogP contribution in [0.2, 0.25) is 0 Å². The second-order valence-corrected chi connectivity index (χ2v) is 7.21. The van der Waals surface area contributed by atoms with Crippen molar-refractivity contribution in [3.05, 3.63) is 76.6 Å². The lowest BCUT2D eigenvalue weighted by Crippen LogP contribution is -2.34. The van der Waals surface area contributed by atoms with Gasteiger partial charge in [0.1, 0.15) is 0 Å². The third-order valence-corrected chi connectivity index (χ3v) is 4.81. The molecule has 0 bridgehead atoms. The molecule has 1 amide bonds. The SMILES string of the molecule is Cc1ccc(-n2nnc(C(=O)NCC(Cc3cccc(C)c3)C(=O)O)c2C)cc1. The molecule has 0 fully saturated rings. The van der Waals surface area contributed by atoms with Crippen LogP contribution in [0, 0.1) is 26.7 Å². The summed E-state index contributed by atoms with van der Waals surface area (Å²) in [4.78, 5) is 24.2. The molecule has 1 aromatic heterocycles. The Morgan fingerprint density at radius 2 is 1.79 bits per heavy atom. The summed E-state index contributed by atoms with van der Waals surface area (Å²) in [7, 11) is 0. The van der Waals surface area contributed by atoms with Crippen molar-refractivity contribution in [1.29, 1.82) is 0 Å². The van der Waals surface area contributed by atoms with E-state index < -0.39 is 17.8 Å². The van der Waals surface area contributed by atoms with Crippen LogP contribution in [0.25, 0.3) is 5.69 Å². The van der Waals surface area contributed by atoms with Gasteiger partial charge in [-0.2, -0.15) is 0 Å². The predicted molar refractivity (Wildman–Crippen MR) is 109 cm³/mol. The number of benzene rings is 2. The fraction of sp³-hybridized carbons (Fsp3) is 0.273. The van der Waals surface area contributed by atoms with Crippen LogP contribution in [0.3, 0.4) is 0 Å². The zero-order valence-corrected chi connectivity index (χ0v) is 16.7. The maximum Gasteiger partial charge on any atom is 0.308 e. The van der Waals surface area contributed by atoms with Gasteiger partial charge in [-0.1, -0.05) is 52.7 Å². The molecule has 2 aromatic carbocycles.